The molecule has 0 spiro atoms. The van der Waals surface area contributed by atoms with Crippen molar-refractivity contribution < 1.29 is 0 Å². The van der Waals surface area contributed by atoms with Crippen LogP contribution in [0.15, 0.2) is 17.2 Å². The molecule has 4 heteroatoms. The van der Waals surface area contributed by atoms with Crippen LogP contribution in [0.2, 0.25) is 0 Å². The molecule has 0 saturated heterocycles. The zero-order valence-corrected chi connectivity index (χ0v) is 7.53. The van der Waals surface area contributed by atoms with Gasteiger partial charge in [0, 0.05) is 25.4 Å². The van der Waals surface area contributed by atoms with E-state index in [1.807, 2.05) is 13.0 Å². The second-order valence-corrected chi connectivity index (χ2v) is 2.87. The summed E-state index contributed by atoms with van der Waals surface area (Å²) in [6, 6.07) is 2.04. The van der Waals surface area contributed by atoms with Gasteiger partial charge in [-0.05, 0) is 18.9 Å². The Morgan fingerprint density at radius 3 is 3.15 bits per heavy atom. The predicted molar refractivity (Wildman–Crippen MR) is 48.1 cm³/mol. The molecule has 0 fully saturated rings. The smallest absolute Gasteiger partial charge is 0.299 e. The molecule has 68 valence electrons. The first kappa shape index (κ1) is 9.46. The molecule has 1 aromatic heterocycles. The summed E-state index contributed by atoms with van der Waals surface area (Å²) in [5, 5.41) is 8.32. The van der Waals surface area contributed by atoms with Gasteiger partial charge in [-0.1, -0.05) is 0 Å². The Bertz CT molecular complexity index is 375. The number of aromatic nitrogens is 2. The number of nitrogens with zero attached hydrogens (tertiary/aromatic N) is 3. The van der Waals surface area contributed by atoms with Gasteiger partial charge in [0.25, 0.3) is 0 Å². The van der Waals surface area contributed by atoms with E-state index >= 15 is 0 Å². The maximum atomic E-state index is 11.1. The second kappa shape index (κ2) is 4.41. The summed E-state index contributed by atoms with van der Waals surface area (Å²) in [4.78, 5) is 14.8. The molecular weight excluding hydrogens is 166 g/mol. The van der Waals surface area contributed by atoms with Crippen LogP contribution < -0.4 is 5.69 Å². The molecule has 0 aliphatic heterocycles. The van der Waals surface area contributed by atoms with Gasteiger partial charge in [-0.3, -0.25) is 4.57 Å². The lowest BCUT2D eigenvalue weighted by Crippen LogP contribution is -2.22. The minimum atomic E-state index is -0.247. The Balaban J connectivity index is 2.71. The molecule has 1 aromatic rings. The lowest BCUT2D eigenvalue weighted by Gasteiger charge is -2.02. The Morgan fingerprint density at radius 2 is 2.46 bits per heavy atom. The van der Waals surface area contributed by atoms with Crippen molar-refractivity contribution in [2.24, 2.45) is 0 Å². The van der Waals surface area contributed by atoms with E-state index in [0.717, 1.165) is 5.56 Å². The number of nitriles is 1. The molecule has 0 aromatic carbocycles. The van der Waals surface area contributed by atoms with Crippen LogP contribution in [0.5, 0.6) is 0 Å². The number of hydrogen-bond acceptors (Lipinski definition) is 3. The molecule has 0 atom stereocenters. The summed E-state index contributed by atoms with van der Waals surface area (Å²) in [6.07, 6.45) is 4.47. The second-order valence-electron chi connectivity index (χ2n) is 2.87. The normalized spacial score (nSPS) is 9.54. The Hall–Kier alpha value is -1.63. The molecule has 1 heterocycles. The van der Waals surface area contributed by atoms with Gasteiger partial charge >= 0.3 is 5.69 Å². The largest absolute Gasteiger partial charge is 0.347 e. The lowest BCUT2D eigenvalue weighted by atomic mass is 10.3. The third kappa shape index (κ3) is 2.71. The summed E-state index contributed by atoms with van der Waals surface area (Å²) in [7, 11) is 0. The van der Waals surface area contributed by atoms with E-state index in [-0.39, 0.29) is 5.69 Å². The zero-order valence-electron chi connectivity index (χ0n) is 7.53. The third-order valence-electron chi connectivity index (χ3n) is 1.67. The summed E-state index contributed by atoms with van der Waals surface area (Å²) in [5.41, 5.74) is 0.708. The van der Waals surface area contributed by atoms with Gasteiger partial charge in [-0.25, -0.2) is 9.78 Å². The Kier molecular flexibility index (Phi) is 3.21. The maximum Gasteiger partial charge on any atom is 0.347 e. The minimum absolute atomic E-state index is 0.247. The van der Waals surface area contributed by atoms with Crippen molar-refractivity contribution in [2.45, 2.75) is 26.3 Å². The van der Waals surface area contributed by atoms with E-state index in [4.69, 9.17) is 5.26 Å². The summed E-state index contributed by atoms with van der Waals surface area (Å²) >= 11 is 0. The number of unbranched alkanes of at least 4 members (excludes halogenated alkanes) is 1. The molecule has 0 aliphatic rings. The number of hydrogen-bond donors (Lipinski definition) is 0. The van der Waals surface area contributed by atoms with Gasteiger partial charge in [0.05, 0.1) is 6.07 Å². The average Bonchev–Trinajstić information content (AvgIpc) is 2.11. The molecule has 0 saturated carbocycles. The monoisotopic (exact) mass is 177 g/mol. The van der Waals surface area contributed by atoms with Gasteiger partial charge in [0.2, 0.25) is 0 Å². The Morgan fingerprint density at radius 1 is 1.69 bits per heavy atom. The van der Waals surface area contributed by atoms with Gasteiger partial charge < -0.3 is 0 Å². The van der Waals surface area contributed by atoms with Crippen molar-refractivity contribution >= 4 is 0 Å². The maximum absolute atomic E-state index is 11.1. The van der Waals surface area contributed by atoms with E-state index in [9.17, 15) is 4.79 Å². The van der Waals surface area contributed by atoms with Crippen molar-refractivity contribution in [3.8, 4) is 6.07 Å². The molecule has 4 nitrogen and oxygen atoms in total. The molecule has 0 amide bonds. The van der Waals surface area contributed by atoms with E-state index in [1.165, 1.54) is 4.57 Å². The first-order valence-electron chi connectivity index (χ1n) is 4.14. The van der Waals surface area contributed by atoms with Crippen LogP contribution in [0, 0.1) is 18.3 Å². The highest BCUT2D eigenvalue weighted by Crippen LogP contribution is 1.93. The fourth-order valence-electron chi connectivity index (χ4n) is 1.05. The fraction of sp³-hybridized carbons (Fsp3) is 0.444. The molecule has 0 radical (unpaired) electrons. The molecule has 0 N–H and O–H groups in total. The minimum Gasteiger partial charge on any atom is -0.299 e. The molecule has 13 heavy (non-hydrogen) atoms. The lowest BCUT2D eigenvalue weighted by molar-refractivity contribution is 0.613. The molecule has 1 rings (SSSR count). The number of rotatable bonds is 3. The van der Waals surface area contributed by atoms with E-state index in [2.05, 4.69) is 4.98 Å². The SMILES string of the molecule is Cc1cnc(=O)n(CCCC#N)c1. The van der Waals surface area contributed by atoms with Crippen LogP contribution in [0.1, 0.15) is 18.4 Å². The average molecular weight is 177 g/mol. The van der Waals surface area contributed by atoms with Crippen molar-refractivity contribution in [1.29, 1.82) is 5.26 Å². The van der Waals surface area contributed by atoms with Crippen molar-refractivity contribution in [2.75, 3.05) is 0 Å². The molecular formula is C9H11N3O. The van der Waals surface area contributed by atoms with Gasteiger partial charge in [0.15, 0.2) is 0 Å². The van der Waals surface area contributed by atoms with E-state index in [1.54, 1.807) is 12.4 Å². The van der Waals surface area contributed by atoms with Crippen LogP contribution in [0.3, 0.4) is 0 Å². The summed E-state index contributed by atoms with van der Waals surface area (Å²) in [6.45, 7) is 2.45. The molecule has 0 aliphatic carbocycles. The van der Waals surface area contributed by atoms with Gasteiger partial charge in [-0.15, -0.1) is 0 Å². The predicted octanol–water partition coefficient (Wildman–Crippen LogP) is 0.855. The van der Waals surface area contributed by atoms with Crippen molar-refractivity contribution in [3.05, 3.63) is 28.4 Å². The van der Waals surface area contributed by atoms with Crippen molar-refractivity contribution in [3.63, 3.8) is 0 Å². The first-order chi connectivity index (χ1) is 6.24. The standard InChI is InChI=1S/C9H11N3O/c1-8-6-11-9(13)12(7-8)5-3-2-4-10/h6-7H,2-3,5H2,1H3. The highest BCUT2D eigenvalue weighted by Gasteiger charge is 1.96. The topological polar surface area (TPSA) is 58.7 Å². The van der Waals surface area contributed by atoms with Crippen molar-refractivity contribution in [1.82, 2.24) is 9.55 Å². The Labute approximate surface area is 76.5 Å². The third-order valence-corrected chi connectivity index (χ3v) is 1.67. The van der Waals surface area contributed by atoms with Crippen LogP contribution in [-0.2, 0) is 6.54 Å². The highest BCUT2D eigenvalue weighted by atomic mass is 16.1. The first-order valence-corrected chi connectivity index (χ1v) is 4.14. The molecule has 0 unspecified atom stereocenters. The summed E-state index contributed by atoms with van der Waals surface area (Å²) in [5.74, 6) is 0. The van der Waals surface area contributed by atoms with Gasteiger partial charge in [-0.2, -0.15) is 5.26 Å². The van der Waals surface area contributed by atoms with Crippen LogP contribution >= 0.6 is 0 Å². The number of aryl methyl sites for hydroxylation is 2. The fourth-order valence-corrected chi connectivity index (χ4v) is 1.05. The van der Waals surface area contributed by atoms with Crippen LogP contribution in [0.4, 0.5) is 0 Å². The van der Waals surface area contributed by atoms with Crippen LogP contribution in [0.25, 0.3) is 0 Å². The van der Waals surface area contributed by atoms with E-state index < -0.39 is 0 Å². The van der Waals surface area contributed by atoms with E-state index in [0.29, 0.717) is 19.4 Å². The highest BCUT2D eigenvalue weighted by molar-refractivity contribution is 4.99. The quantitative estimate of drug-likeness (QED) is 0.643. The molecule has 0 bridgehead atoms. The van der Waals surface area contributed by atoms with Crippen LogP contribution in [-0.4, -0.2) is 9.55 Å². The summed E-state index contributed by atoms with van der Waals surface area (Å²) < 4.78 is 1.53. The van der Waals surface area contributed by atoms with Gasteiger partial charge in [0.1, 0.15) is 0 Å². The zero-order chi connectivity index (χ0) is 9.68.